The molecule has 2 aromatic rings. The molecule has 0 saturated heterocycles. The van der Waals surface area contributed by atoms with Crippen LogP contribution in [0.15, 0.2) is 60.7 Å². The lowest BCUT2D eigenvalue weighted by molar-refractivity contribution is -0.149. The first kappa shape index (κ1) is 20.7. The van der Waals surface area contributed by atoms with Gasteiger partial charge in [-0.05, 0) is 36.8 Å². The van der Waals surface area contributed by atoms with Gasteiger partial charge in [0, 0.05) is 6.04 Å². The first-order chi connectivity index (χ1) is 13.0. The molecule has 0 aliphatic carbocycles. The topological polar surface area (TPSA) is 55.4 Å². The molecule has 4 heteroatoms. The Kier molecular flexibility index (Phi) is 8.05. The fourth-order valence-corrected chi connectivity index (χ4v) is 2.95. The first-order valence-electron chi connectivity index (χ1n) is 9.53. The van der Waals surface area contributed by atoms with Crippen molar-refractivity contribution in [2.45, 2.75) is 45.6 Å². The van der Waals surface area contributed by atoms with Gasteiger partial charge in [-0.25, -0.2) is 0 Å². The quantitative estimate of drug-likeness (QED) is 0.672. The van der Waals surface area contributed by atoms with Crippen LogP contribution < -0.4 is 5.32 Å². The highest BCUT2D eigenvalue weighted by molar-refractivity contribution is 5.85. The summed E-state index contributed by atoms with van der Waals surface area (Å²) >= 11 is 0. The average molecular weight is 367 g/mol. The lowest BCUT2D eigenvalue weighted by Gasteiger charge is -2.18. The third-order valence-electron chi connectivity index (χ3n) is 4.43. The Morgan fingerprint density at radius 1 is 0.852 bits per heavy atom. The molecule has 0 aromatic heterocycles. The number of carbonyl (C=O) groups excluding carboxylic acids is 2. The lowest BCUT2D eigenvalue weighted by atomic mass is 9.91. The molecule has 0 saturated carbocycles. The largest absolute Gasteiger partial charge is 0.455 e. The number of nitrogens with one attached hydrogen (secondary N) is 1. The second kappa shape index (κ2) is 10.5. The number of hydrogen-bond acceptors (Lipinski definition) is 3. The molecule has 0 heterocycles. The first-order valence-corrected chi connectivity index (χ1v) is 9.53. The fraction of sp³-hybridized carbons (Fsp3) is 0.391. The molecular formula is C23H29NO3. The van der Waals surface area contributed by atoms with Crippen molar-refractivity contribution in [1.82, 2.24) is 5.32 Å². The van der Waals surface area contributed by atoms with Crippen LogP contribution in [-0.2, 0) is 14.3 Å². The summed E-state index contributed by atoms with van der Waals surface area (Å²) in [6.07, 6.45) is 1.96. The van der Waals surface area contributed by atoms with Crippen LogP contribution in [0.4, 0.5) is 0 Å². The van der Waals surface area contributed by atoms with Gasteiger partial charge in [0.25, 0.3) is 5.91 Å². The van der Waals surface area contributed by atoms with Crippen molar-refractivity contribution in [1.29, 1.82) is 0 Å². The summed E-state index contributed by atoms with van der Waals surface area (Å²) in [7, 11) is 0. The van der Waals surface area contributed by atoms with Gasteiger partial charge in [0.1, 0.15) is 5.92 Å². The van der Waals surface area contributed by atoms with Crippen LogP contribution in [0.25, 0.3) is 0 Å². The molecule has 144 valence electrons. The van der Waals surface area contributed by atoms with Crippen LogP contribution in [-0.4, -0.2) is 24.5 Å². The molecule has 0 unspecified atom stereocenters. The van der Waals surface area contributed by atoms with E-state index in [0.717, 1.165) is 24.0 Å². The minimum absolute atomic E-state index is 0.0673. The SMILES string of the molecule is CC(C)CC[C@H](C)NC(=O)COC(=O)C(c1ccccc1)c1ccccc1. The highest BCUT2D eigenvalue weighted by Crippen LogP contribution is 2.25. The van der Waals surface area contributed by atoms with Gasteiger partial charge < -0.3 is 10.1 Å². The highest BCUT2D eigenvalue weighted by Gasteiger charge is 2.25. The minimum Gasteiger partial charge on any atom is -0.455 e. The zero-order valence-electron chi connectivity index (χ0n) is 16.4. The minimum atomic E-state index is -0.543. The molecule has 4 nitrogen and oxygen atoms in total. The van der Waals surface area contributed by atoms with Crippen molar-refractivity contribution in [2.75, 3.05) is 6.61 Å². The molecule has 1 amide bonds. The standard InChI is InChI=1S/C23H29NO3/c1-17(2)14-15-18(3)24-21(25)16-27-23(26)22(19-10-6-4-7-11-19)20-12-8-5-9-13-20/h4-13,17-18,22H,14-16H2,1-3H3,(H,24,25)/t18-/m0/s1. The Morgan fingerprint density at radius 2 is 1.37 bits per heavy atom. The molecular weight excluding hydrogens is 338 g/mol. The molecule has 0 aliphatic rings. The summed E-state index contributed by atoms with van der Waals surface area (Å²) in [6.45, 7) is 6.02. The number of hydrogen-bond donors (Lipinski definition) is 1. The predicted octanol–water partition coefficient (Wildman–Crippen LogP) is 4.30. The molecule has 0 radical (unpaired) electrons. The maximum Gasteiger partial charge on any atom is 0.318 e. The second-order valence-electron chi connectivity index (χ2n) is 7.30. The summed E-state index contributed by atoms with van der Waals surface area (Å²) in [6, 6.07) is 19.0. The summed E-state index contributed by atoms with van der Waals surface area (Å²) < 4.78 is 5.35. The van der Waals surface area contributed by atoms with E-state index in [1.165, 1.54) is 0 Å². The second-order valence-corrected chi connectivity index (χ2v) is 7.30. The van der Waals surface area contributed by atoms with Crippen molar-refractivity contribution in [3.63, 3.8) is 0 Å². The molecule has 0 aliphatic heterocycles. The van der Waals surface area contributed by atoms with Crippen molar-refractivity contribution in [3.05, 3.63) is 71.8 Å². The Balaban J connectivity index is 1.97. The summed E-state index contributed by atoms with van der Waals surface area (Å²) in [5.41, 5.74) is 1.69. The molecule has 0 fully saturated rings. The van der Waals surface area contributed by atoms with Gasteiger partial charge in [-0.15, -0.1) is 0 Å². The Labute approximate surface area is 161 Å². The summed E-state index contributed by atoms with van der Waals surface area (Å²) in [5.74, 6) is -0.630. The van der Waals surface area contributed by atoms with Gasteiger partial charge in [0.2, 0.25) is 0 Å². The summed E-state index contributed by atoms with van der Waals surface area (Å²) in [4.78, 5) is 24.9. The van der Waals surface area contributed by atoms with E-state index in [1.54, 1.807) is 0 Å². The van der Waals surface area contributed by atoms with Gasteiger partial charge in [-0.2, -0.15) is 0 Å². The number of carbonyl (C=O) groups is 2. The highest BCUT2D eigenvalue weighted by atomic mass is 16.5. The predicted molar refractivity (Wildman–Crippen MR) is 107 cm³/mol. The van der Waals surface area contributed by atoms with E-state index >= 15 is 0 Å². The number of esters is 1. The van der Waals surface area contributed by atoms with Crippen LogP contribution in [0.2, 0.25) is 0 Å². The Bertz CT molecular complexity index is 673. The molecule has 1 N–H and O–H groups in total. The van der Waals surface area contributed by atoms with Gasteiger partial charge in [0.05, 0.1) is 0 Å². The summed E-state index contributed by atoms with van der Waals surface area (Å²) in [5, 5.41) is 2.89. The van der Waals surface area contributed by atoms with Crippen LogP contribution in [0.5, 0.6) is 0 Å². The zero-order chi connectivity index (χ0) is 19.6. The fourth-order valence-electron chi connectivity index (χ4n) is 2.95. The van der Waals surface area contributed by atoms with E-state index in [-0.39, 0.29) is 18.6 Å². The van der Waals surface area contributed by atoms with E-state index in [9.17, 15) is 9.59 Å². The van der Waals surface area contributed by atoms with E-state index in [4.69, 9.17) is 4.74 Å². The van der Waals surface area contributed by atoms with Crippen LogP contribution in [0, 0.1) is 5.92 Å². The van der Waals surface area contributed by atoms with Crippen LogP contribution >= 0.6 is 0 Å². The molecule has 2 aromatic carbocycles. The number of amides is 1. The molecule has 1 atom stereocenters. The number of ether oxygens (including phenoxy) is 1. The third-order valence-corrected chi connectivity index (χ3v) is 4.43. The van der Waals surface area contributed by atoms with Crippen molar-refractivity contribution in [3.8, 4) is 0 Å². The lowest BCUT2D eigenvalue weighted by Crippen LogP contribution is -2.36. The van der Waals surface area contributed by atoms with Crippen LogP contribution in [0.1, 0.15) is 50.7 Å². The third kappa shape index (κ3) is 6.89. The van der Waals surface area contributed by atoms with E-state index in [2.05, 4.69) is 19.2 Å². The van der Waals surface area contributed by atoms with E-state index < -0.39 is 11.9 Å². The van der Waals surface area contributed by atoms with E-state index in [1.807, 2.05) is 67.6 Å². The molecule has 0 bridgehead atoms. The monoisotopic (exact) mass is 367 g/mol. The van der Waals surface area contributed by atoms with Crippen molar-refractivity contribution < 1.29 is 14.3 Å². The van der Waals surface area contributed by atoms with E-state index in [0.29, 0.717) is 5.92 Å². The molecule has 27 heavy (non-hydrogen) atoms. The maximum atomic E-state index is 12.7. The van der Waals surface area contributed by atoms with Crippen LogP contribution in [0.3, 0.4) is 0 Å². The number of benzene rings is 2. The van der Waals surface area contributed by atoms with Gasteiger partial charge in [0.15, 0.2) is 6.61 Å². The molecule has 0 spiro atoms. The number of rotatable bonds is 9. The normalized spacial score (nSPS) is 12.0. The smallest absolute Gasteiger partial charge is 0.318 e. The Morgan fingerprint density at radius 3 is 1.85 bits per heavy atom. The maximum absolute atomic E-state index is 12.7. The van der Waals surface area contributed by atoms with Crippen molar-refractivity contribution in [2.24, 2.45) is 5.92 Å². The van der Waals surface area contributed by atoms with Gasteiger partial charge >= 0.3 is 5.97 Å². The van der Waals surface area contributed by atoms with Gasteiger partial charge in [-0.1, -0.05) is 74.5 Å². The Hall–Kier alpha value is -2.62. The molecule has 2 rings (SSSR count). The van der Waals surface area contributed by atoms with Crippen molar-refractivity contribution >= 4 is 11.9 Å². The zero-order valence-corrected chi connectivity index (χ0v) is 16.4. The van der Waals surface area contributed by atoms with Gasteiger partial charge in [-0.3, -0.25) is 9.59 Å². The average Bonchev–Trinajstić information content (AvgIpc) is 2.67.